The molecule has 2 N–H and O–H groups in total. The number of amides is 1. The zero-order valence-corrected chi connectivity index (χ0v) is 10.3. The van der Waals surface area contributed by atoms with Gasteiger partial charge >= 0.3 is 6.09 Å². The molecule has 0 saturated carbocycles. The summed E-state index contributed by atoms with van der Waals surface area (Å²) in [5.41, 5.74) is -0.609. The summed E-state index contributed by atoms with van der Waals surface area (Å²) < 4.78 is 13.1. The standard InChI is InChI=1S/C12H13ClFNO3/c13-9-7-8(1-2-10(9)14)12(18)3-5-15(6-4-12)11(16)17/h1-2,7,18H,3-6H2,(H,16,17). The molecule has 1 amide bonds. The van der Waals surface area contributed by atoms with Gasteiger partial charge in [-0.05, 0) is 30.5 Å². The first kappa shape index (κ1) is 13.1. The summed E-state index contributed by atoms with van der Waals surface area (Å²) in [6, 6.07) is 4.09. The summed E-state index contributed by atoms with van der Waals surface area (Å²) in [6.07, 6.45) is -0.433. The third kappa shape index (κ3) is 2.42. The number of aliphatic hydroxyl groups is 1. The van der Waals surface area contributed by atoms with Gasteiger partial charge in [-0.2, -0.15) is 0 Å². The largest absolute Gasteiger partial charge is 0.465 e. The molecule has 0 radical (unpaired) electrons. The molecule has 0 unspecified atom stereocenters. The van der Waals surface area contributed by atoms with Crippen molar-refractivity contribution in [3.05, 3.63) is 34.6 Å². The second kappa shape index (κ2) is 4.74. The fourth-order valence-corrected chi connectivity index (χ4v) is 2.32. The predicted octanol–water partition coefficient (Wildman–Crippen LogP) is 2.44. The molecule has 1 fully saturated rings. The first-order chi connectivity index (χ1) is 8.42. The van der Waals surface area contributed by atoms with E-state index >= 15 is 0 Å². The zero-order valence-electron chi connectivity index (χ0n) is 9.57. The van der Waals surface area contributed by atoms with Crippen molar-refractivity contribution < 1.29 is 19.4 Å². The van der Waals surface area contributed by atoms with E-state index in [4.69, 9.17) is 16.7 Å². The van der Waals surface area contributed by atoms with Crippen molar-refractivity contribution in [2.45, 2.75) is 18.4 Å². The van der Waals surface area contributed by atoms with Crippen LogP contribution in [0.3, 0.4) is 0 Å². The number of hydrogen-bond acceptors (Lipinski definition) is 2. The first-order valence-corrected chi connectivity index (χ1v) is 5.96. The predicted molar refractivity (Wildman–Crippen MR) is 64.1 cm³/mol. The third-order valence-corrected chi connectivity index (χ3v) is 3.61. The Labute approximate surface area is 109 Å². The Morgan fingerprint density at radius 1 is 1.39 bits per heavy atom. The minimum absolute atomic E-state index is 0.0402. The number of rotatable bonds is 1. The van der Waals surface area contributed by atoms with Gasteiger partial charge in [-0.1, -0.05) is 17.7 Å². The molecule has 0 aliphatic carbocycles. The number of carbonyl (C=O) groups is 1. The van der Waals surface area contributed by atoms with Crippen molar-refractivity contribution in [2.24, 2.45) is 0 Å². The molecular formula is C12H13ClFNO3. The van der Waals surface area contributed by atoms with Crippen LogP contribution in [0.5, 0.6) is 0 Å². The summed E-state index contributed by atoms with van der Waals surface area (Å²) in [7, 11) is 0. The van der Waals surface area contributed by atoms with E-state index in [-0.39, 0.29) is 31.0 Å². The third-order valence-electron chi connectivity index (χ3n) is 3.32. The van der Waals surface area contributed by atoms with Gasteiger partial charge in [0.1, 0.15) is 5.82 Å². The van der Waals surface area contributed by atoms with Gasteiger partial charge in [0.2, 0.25) is 0 Å². The highest BCUT2D eigenvalue weighted by Crippen LogP contribution is 2.34. The quantitative estimate of drug-likeness (QED) is 0.826. The van der Waals surface area contributed by atoms with Gasteiger partial charge in [0.25, 0.3) is 0 Å². The van der Waals surface area contributed by atoms with E-state index in [1.165, 1.54) is 23.1 Å². The smallest absolute Gasteiger partial charge is 0.407 e. The van der Waals surface area contributed by atoms with E-state index in [1.807, 2.05) is 0 Å². The number of carboxylic acid groups (broad SMARTS) is 1. The normalized spacial score (nSPS) is 18.7. The number of halogens is 2. The summed E-state index contributed by atoms with van der Waals surface area (Å²) in [4.78, 5) is 12.0. The van der Waals surface area contributed by atoms with Crippen molar-refractivity contribution in [3.8, 4) is 0 Å². The van der Waals surface area contributed by atoms with Crippen LogP contribution in [0.25, 0.3) is 0 Å². The average Bonchev–Trinajstić information content (AvgIpc) is 2.33. The fourth-order valence-electron chi connectivity index (χ4n) is 2.14. The maximum atomic E-state index is 13.1. The molecule has 0 bridgehead atoms. The summed E-state index contributed by atoms with van der Waals surface area (Å²) in [5.74, 6) is -0.535. The maximum absolute atomic E-state index is 13.1. The molecule has 18 heavy (non-hydrogen) atoms. The summed E-state index contributed by atoms with van der Waals surface area (Å²) in [6.45, 7) is 0.502. The molecular weight excluding hydrogens is 261 g/mol. The Kier molecular flexibility index (Phi) is 3.45. The van der Waals surface area contributed by atoms with Crippen LogP contribution in [-0.4, -0.2) is 34.3 Å². The zero-order chi connectivity index (χ0) is 13.3. The van der Waals surface area contributed by atoms with Gasteiger partial charge in [-0.25, -0.2) is 9.18 Å². The molecule has 1 aromatic carbocycles. The van der Waals surface area contributed by atoms with E-state index in [1.54, 1.807) is 0 Å². The van der Waals surface area contributed by atoms with Gasteiger partial charge in [0.05, 0.1) is 10.6 Å². The average molecular weight is 274 g/mol. The molecule has 4 nitrogen and oxygen atoms in total. The number of nitrogens with zero attached hydrogens (tertiary/aromatic N) is 1. The highest BCUT2D eigenvalue weighted by Gasteiger charge is 2.35. The molecule has 0 aromatic heterocycles. The Morgan fingerprint density at radius 2 is 2.00 bits per heavy atom. The maximum Gasteiger partial charge on any atom is 0.407 e. The van der Waals surface area contributed by atoms with E-state index in [0.717, 1.165) is 0 Å². The number of benzene rings is 1. The minimum atomic E-state index is -1.14. The molecule has 1 aliphatic rings. The molecule has 98 valence electrons. The van der Waals surface area contributed by atoms with Gasteiger partial charge in [0, 0.05) is 13.1 Å². The highest BCUT2D eigenvalue weighted by molar-refractivity contribution is 6.30. The van der Waals surface area contributed by atoms with Crippen LogP contribution in [-0.2, 0) is 5.60 Å². The van der Waals surface area contributed by atoms with Crippen molar-refractivity contribution >= 4 is 17.7 Å². The van der Waals surface area contributed by atoms with Crippen molar-refractivity contribution in [1.82, 2.24) is 4.90 Å². The van der Waals surface area contributed by atoms with Crippen LogP contribution in [0.4, 0.5) is 9.18 Å². The number of hydrogen-bond donors (Lipinski definition) is 2. The molecule has 2 rings (SSSR count). The van der Waals surface area contributed by atoms with Crippen LogP contribution < -0.4 is 0 Å². The first-order valence-electron chi connectivity index (χ1n) is 5.58. The Balaban J connectivity index is 2.18. The van der Waals surface area contributed by atoms with Crippen LogP contribution in [0.2, 0.25) is 5.02 Å². The van der Waals surface area contributed by atoms with Gasteiger partial charge in [-0.3, -0.25) is 0 Å². The summed E-state index contributed by atoms with van der Waals surface area (Å²) in [5, 5.41) is 19.2. The lowest BCUT2D eigenvalue weighted by atomic mass is 9.84. The second-order valence-electron chi connectivity index (χ2n) is 4.43. The topological polar surface area (TPSA) is 60.8 Å². The number of piperidine rings is 1. The van der Waals surface area contributed by atoms with Crippen molar-refractivity contribution in [1.29, 1.82) is 0 Å². The molecule has 6 heteroatoms. The SMILES string of the molecule is O=C(O)N1CCC(O)(c2ccc(F)c(Cl)c2)CC1. The van der Waals surface area contributed by atoms with Gasteiger partial charge in [0.15, 0.2) is 0 Å². The lowest BCUT2D eigenvalue weighted by molar-refractivity contribution is -0.0213. The molecule has 1 saturated heterocycles. The van der Waals surface area contributed by atoms with E-state index in [2.05, 4.69) is 0 Å². The van der Waals surface area contributed by atoms with Crippen LogP contribution in [0.15, 0.2) is 18.2 Å². The van der Waals surface area contributed by atoms with E-state index in [0.29, 0.717) is 5.56 Å². The van der Waals surface area contributed by atoms with Crippen LogP contribution in [0, 0.1) is 5.82 Å². The fraction of sp³-hybridized carbons (Fsp3) is 0.417. The lowest BCUT2D eigenvalue weighted by Gasteiger charge is -2.37. The van der Waals surface area contributed by atoms with E-state index < -0.39 is 17.5 Å². The van der Waals surface area contributed by atoms with Crippen molar-refractivity contribution in [3.63, 3.8) is 0 Å². The molecule has 0 spiro atoms. The molecule has 1 aromatic rings. The van der Waals surface area contributed by atoms with E-state index in [9.17, 15) is 14.3 Å². The minimum Gasteiger partial charge on any atom is -0.465 e. The Bertz CT molecular complexity index is 472. The second-order valence-corrected chi connectivity index (χ2v) is 4.84. The Morgan fingerprint density at radius 3 is 2.50 bits per heavy atom. The van der Waals surface area contributed by atoms with Crippen LogP contribution >= 0.6 is 11.6 Å². The Hall–Kier alpha value is -1.33. The van der Waals surface area contributed by atoms with Gasteiger partial charge in [-0.15, -0.1) is 0 Å². The molecule has 1 aliphatic heterocycles. The lowest BCUT2D eigenvalue weighted by Crippen LogP contribution is -2.44. The van der Waals surface area contributed by atoms with Crippen LogP contribution in [0.1, 0.15) is 18.4 Å². The summed E-state index contributed by atoms with van der Waals surface area (Å²) >= 11 is 5.68. The van der Waals surface area contributed by atoms with Gasteiger partial charge < -0.3 is 15.1 Å². The monoisotopic (exact) mass is 273 g/mol. The molecule has 1 heterocycles. The highest BCUT2D eigenvalue weighted by atomic mass is 35.5. The van der Waals surface area contributed by atoms with Crippen molar-refractivity contribution in [2.75, 3.05) is 13.1 Å². The number of likely N-dealkylation sites (tertiary alicyclic amines) is 1. The molecule has 0 atom stereocenters.